The third-order valence-corrected chi connectivity index (χ3v) is 6.86. The predicted molar refractivity (Wildman–Crippen MR) is 109 cm³/mol. The van der Waals surface area contributed by atoms with Gasteiger partial charge in [-0.2, -0.15) is 4.31 Å². The van der Waals surface area contributed by atoms with Crippen molar-refractivity contribution in [3.8, 4) is 5.75 Å². The number of methoxy groups -OCH3 is 1. The van der Waals surface area contributed by atoms with Crippen LogP contribution in [0.15, 0.2) is 47.4 Å². The number of hydrogen-bond acceptors (Lipinski definition) is 4. The van der Waals surface area contributed by atoms with Crippen LogP contribution in [0.3, 0.4) is 0 Å². The Morgan fingerprint density at radius 1 is 1.07 bits per heavy atom. The van der Waals surface area contributed by atoms with E-state index in [0.717, 1.165) is 18.2 Å². The van der Waals surface area contributed by atoms with E-state index in [1.54, 1.807) is 6.07 Å². The second-order valence-corrected chi connectivity index (χ2v) is 8.88. The molecule has 6 nitrogen and oxygen atoms in total. The van der Waals surface area contributed by atoms with Crippen LogP contribution in [0.4, 0.5) is 8.78 Å². The Kier molecular flexibility index (Phi) is 6.74. The SMILES string of the molecule is COc1ccc(/C=C/C(=O)N2CCN(S(=O)(=O)c3ccc(F)c(Cl)c3)CC2)cc1F. The number of halogens is 3. The molecule has 0 unspecified atom stereocenters. The molecule has 1 fully saturated rings. The second-order valence-electron chi connectivity index (χ2n) is 6.53. The van der Waals surface area contributed by atoms with Crippen LogP contribution in [0.5, 0.6) is 5.75 Å². The Balaban J connectivity index is 1.62. The number of piperazine rings is 1. The summed E-state index contributed by atoms with van der Waals surface area (Å²) < 4.78 is 58.5. The molecule has 10 heteroatoms. The van der Waals surface area contributed by atoms with Gasteiger partial charge in [0.05, 0.1) is 17.0 Å². The highest BCUT2D eigenvalue weighted by molar-refractivity contribution is 7.89. The molecule has 160 valence electrons. The summed E-state index contributed by atoms with van der Waals surface area (Å²) in [5.74, 6) is -1.44. The molecule has 0 bridgehead atoms. The zero-order chi connectivity index (χ0) is 21.9. The van der Waals surface area contributed by atoms with Crippen molar-refractivity contribution >= 4 is 33.6 Å². The lowest BCUT2D eigenvalue weighted by molar-refractivity contribution is -0.127. The van der Waals surface area contributed by atoms with Gasteiger partial charge in [0.2, 0.25) is 15.9 Å². The molecule has 1 aliphatic rings. The van der Waals surface area contributed by atoms with Gasteiger partial charge in [0.25, 0.3) is 0 Å². The number of benzene rings is 2. The maximum atomic E-state index is 13.7. The highest BCUT2D eigenvalue weighted by atomic mass is 35.5. The summed E-state index contributed by atoms with van der Waals surface area (Å²) in [7, 11) is -2.48. The van der Waals surface area contributed by atoms with Gasteiger partial charge in [-0.3, -0.25) is 4.79 Å². The van der Waals surface area contributed by atoms with Crippen LogP contribution in [-0.2, 0) is 14.8 Å². The van der Waals surface area contributed by atoms with Crippen molar-refractivity contribution in [1.82, 2.24) is 9.21 Å². The monoisotopic (exact) mass is 456 g/mol. The molecule has 1 saturated heterocycles. The molecule has 0 atom stereocenters. The van der Waals surface area contributed by atoms with Gasteiger partial charge < -0.3 is 9.64 Å². The van der Waals surface area contributed by atoms with Gasteiger partial charge in [0.1, 0.15) is 5.82 Å². The lowest BCUT2D eigenvalue weighted by atomic mass is 10.2. The summed E-state index contributed by atoms with van der Waals surface area (Å²) in [6.45, 7) is 0.560. The molecule has 30 heavy (non-hydrogen) atoms. The smallest absolute Gasteiger partial charge is 0.246 e. The lowest BCUT2D eigenvalue weighted by Crippen LogP contribution is -2.50. The number of amides is 1. The Bertz CT molecular complexity index is 1080. The molecule has 0 aromatic heterocycles. The minimum absolute atomic E-state index is 0.0913. The van der Waals surface area contributed by atoms with E-state index in [1.165, 1.54) is 40.6 Å². The summed E-state index contributed by atoms with van der Waals surface area (Å²) in [6.07, 6.45) is 2.79. The molecule has 0 aliphatic carbocycles. The molecular formula is C20H19ClF2N2O4S. The number of nitrogens with zero attached hydrogens (tertiary/aromatic N) is 2. The minimum Gasteiger partial charge on any atom is -0.494 e. The molecule has 1 heterocycles. The van der Waals surface area contributed by atoms with Crippen LogP contribution in [0, 0.1) is 11.6 Å². The number of rotatable bonds is 5. The van der Waals surface area contributed by atoms with Crippen molar-refractivity contribution in [3.63, 3.8) is 0 Å². The molecule has 0 saturated carbocycles. The summed E-state index contributed by atoms with van der Waals surface area (Å²) in [5, 5.41) is -0.273. The normalized spacial score (nSPS) is 15.5. The summed E-state index contributed by atoms with van der Waals surface area (Å²) in [5.41, 5.74) is 0.496. The van der Waals surface area contributed by atoms with E-state index in [4.69, 9.17) is 16.3 Å². The molecular weight excluding hydrogens is 438 g/mol. The topological polar surface area (TPSA) is 66.9 Å². The van der Waals surface area contributed by atoms with Gasteiger partial charge >= 0.3 is 0 Å². The van der Waals surface area contributed by atoms with E-state index in [0.29, 0.717) is 5.56 Å². The number of carbonyl (C=O) groups is 1. The summed E-state index contributed by atoms with van der Waals surface area (Å²) in [4.78, 5) is 13.8. The van der Waals surface area contributed by atoms with Gasteiger partial charge in [-0.1, -0.05) is 17.7 Å². The standard InChI is InChI=1S/C20H19ClF2N2O4S/c1-29-19-6-2-14(12-18(19)23)3-7-20(26)24-8-10-25(11-9-24)30(27,28)15-4-5-17(22)16(21)13-15/h2-7,12-13H,8-11H2,1H3/b7-3+. The Labute approximate surface area is 178 Å². The minimum atomic E-state index is -3.84. The zero-order valence-electron chi connectivity index (χ0n) is 16.0. The van der Waals surface area contributed by atoms with Crippen molar-refractivity contribution in [2.75, 3.05) is 33.3 Å². The lowest BCUT2D eigenvalue weighted by Gasteiger charge is -2.33. The summed E-state index contributed by atoms with van der Waals surface area (Å²) in [6, 6.07) is 7.56. The van der Waals surface area contributed by atoms with Crippen molar-refractivity contribution in [3.05, 3.63) is 64.7 Å². The van der Waals surface area contributed by atoms with E-state index in [-0.39, 0.29) is 47.8 Å². The molecule has 1 amide bonds. The highest BCUT2D eigenvalue weighted by Gasteiger charge is 2.30. The van der Waals surface area contributed by atoms with E-state index >= 15 is 0 Å². The van der Waals surface area contributed by atoms with Crippen molar-refractivity contribution in [2.45, 2.75) is 4.90 Å². The molecule has 1 aliphatic heterocycles. The largest absolute Gasteiger partial charge is 0.494 e. The fourth-order valence-electron chi connectivity index (χ4n) is 2.99. The van der Waals surface area contributed by atoms with Crippen LogP contribution < -0.4 is 4.74 Å². The maximum absolute atomic E-state index is 13.7. The summed E-state index contributed by atoms with van der Waals surface area (Å²) >= 11 is 5.69. The van der Waals surface area contributed by atoms with Crippen molar-refractivity contribution < 1.29 is 26.7 Å². The van der Waals surface area contributed by atoms with Gasteiger partial charge in [0.15, 0.2) is 11.6 Å². The Morgan fingerprint density at radius 3 is 2.37 bits per heavy atom. The van der Waals surface area contributed by atoms with Crippen LogP contribution in [-0.4, -0.2) is 56.8 Å². The van der Waals surface area contributed by atoms with Crippen LogP contribution in [0.2, 0.25) is 5.02 Å². The highest BCUT2D eigenvalue weighted by Crippen LogP contribution is 2.23. The quantitative estimate of drug-likeness (QED) is 0.648. The molecule has 3 rings (SSSR count). The van der Waals surface area contributed by atoms with E-state index < -0.39 is 21.7 Å². The molecule has 2 aromatic rings. The fraction of sp³-hybridized carbons (Fsp3) is 0.250. The third kappa shape index (κ3) is 4.80. The maximum Gasteiger partial charge on any atom is 0.246 e. The van der Waals surface area contributed by atoms with Gasteiger partial charge in [-0.15, -0.1) is 0 Å². The van der Waals surface area contributed by atoms with Crippen molar-refractivity contribution in [1.29, 1.82) is 0 Å². The first-order valence-electron chi connectivity index (χ1n) is 8.98. The van der Waals surface area contributed by atoms with E-state index in [9.17, 15) is 22.0 Å². The Morgan fingerprint density at radius 2 is 1.77 bits per heavy atom. The molecule has 0 N–H and O–H groups in total. The van der Waals surface area contributed by atoms with Gasteiger partial charge in [0, 0.05) is 32.3 Å². The first-order chi connectivity index (χ1) is 14.2. The van der Waals surface area contributed by atoms with Crippen molar-refractivity contribution in [2.24, 2.45) is 0 Å². The number of hydrogen-bond donors (Lipinski definition) is 0. The van der Waals surface area contributed by atoms with E-state index in [2.05, 4.69) is 0 Å². The second kappa shape index (κ2) is 9.11. The average Bonchev–Trinajstić information content (AvgIpc) is 2.74. The molecule has 0 spiro atoms. The van der Waals surface area contributed by atoms with Crippen LogP contribution in [0.1, 0.15) is 5.56 Å². The molecule has 2 aromatic carbocycles. The molecule has 0 radical (unpaired) electrons. The first kappa shape index (κ1) is 22.2. The van der Waals surface area contributed by atoms with Gasteiger partial charge in [-0.05, 0) is 42.0 Å². The van der Waals surface area contributed by atoms with Gasteiger partial charge in [-0.25, -0.2) is 17.2 Å². The van der Waals surface area contributed by atoms with Crippen LogP contribution >= 0.6 is 11.6 Å². The Hall–Kier alpha value is -2.49. The fourth-order valence-corrected chi connectivity index (χ4v) is 4.69. The number of sulfonamides is 1. The first-order valence-corrected chi connectivity index (χ1v) is 10.8. The number of carbonyl (C=O) groups excluding carboxylic acids is 1. The van der Waals surface area contributed by atoms with E-state index in [1.807, 2.05) is 0 Å². The third-order valence-electron chi connectivity index (χ3n) is 4.67. The predicted octanol–water partition coefficient (Wildman–Crippen LogP) is 3.17. The number of ether oxygens (including phenoxy) is 1. The van der Waals surface area contributed by atoms with Crippen LogP contribution in [0.25, 0.3) is 6.08 Å². The zero-order valence-corrected chi connectivity index (χ0v) is 17.6. The average molecular weight is 457 g/mol.